The molecule has 1 aliphatic rings. The molecule has 0 saturated carbocycles. The third-order valence-electron chi connectivity index (χ3n) is 2.72. The summed E-state index contributed by atoms with van der Waals surface area (Å²) < 4.78 is 0. The van der Waals surface area contributed by atoms with Gasteiger partial charge in [0.1, 0.15) is 6.04 Å². The Kier molecular flexibility index (Phi) is 4.31. The zero-order valence-electron chi connectivity index (χ0n) is 9.51. The third-order valence-corrected chi connectivity index (χ3v) is 2.72. The van der Waals surface area contributed by atoms with Gasteiger partial charge in [0.15, 0.2) is 0 Å². The molecule has 1 fully saturated rings. The topological polar surface area (TPSA) is 89.9 Å². The fourth-order valence-corrected chi connectivity index (χ4v) is 1.99. The summed E-state index contributed by atoms with van der Waals surface area (Å²) in [5, 5.41) is 20.7. The highest BCUT2D eigenvalue weighted by atomic mass is 16.4. The van der Waals surface area contributed by atoms with E-state index in [9.17, 15) is 9.59 Å². The quantitative estimate of drug-likeness (QED) is 0.513. The molecular formula is C9H17BN2O4. The Hall–Kier alpha value is -1.08. The summed E-state index contributed by atoms with van der Waals surface area (Å²) in [5.41, 5.74) is 0. The van der Waals surface area contributed by atoms with Crippen LogP contribution in [0.15, 0.2) is 0 Å². The molecule has 2 amide bonds. The lowest BCUT2D eigenvalue weighted by Gasteiger charge is -2.27. The second-order valence-electron chi connectivity index (χ2n) is 4.08. The van der Waals surface area contributed by atoms with Crippen LogP contribution in [0.1, 0.15) is 26.7 Å². The Morgan fingerprint density at radius 3 is 2.62 bits per heavy atom. The molecule has 1 unspecified atom stereocenters. The van der Waals surface area contributed by atoms with Crippen molar-refractivity contribution in [3.8, 4) is 0 Å². The molecular weight excluding hydrogens is 211 g/mol. The van der Waals surface area contributed by atoms with Crippen LogP contribution in [0.25, 0.3) is 0 Å². The third kappa shape index (κ3) is 2.96. The number of likely N-dealkylation sites (tertiary alicyclic amines) is 1. The van der Waals surface area contributed by atoms with Crippen molar-refractivity contribution in [2.45, 2.75) is 38.7 Å². The van der Waals surface area contributed by atoms with Crippen molar-refractivity contribution >= 4 is 18.9 Å². The molecule has 0 aromatic rings. The van der Waals surface area contributed by atoms with Gasteiger partial charge in [0.25, 0.3) is 0 Å². The summed E-state index contributed by atoms with van der Waals surface area (Å²) in [4.78, 5) is 24.1. The van der Waals surface area contributed by atoms with Crippen molar-refractivity contribution in [1.82, 2.24) is 10.2 Å². The SMILES string of the molecule is CC(=O)N[C@@H](C)C(=O)N1CCCC1B(O)O. The first-order chi connectivity index (χ1) is 7.43. The van der Waals surface area contributed by atoms with E-state index < -0.39 is 19.1 Å². The van der Waals surface area contributed by atoms with E-state index in [4.69, 9.17) is 10.0 Å². The minimum absolute atomic E-state index is 0.272. The molecule has 7 heteroatoms. The number of hydrogen-bond donors (Lipinski definition) is 3. The number of nitrogens with zero attached hydrogens (tertiary/aromatic N) is 1. The molecule has 0 aromatic carbocycles. The van der Waals surface area contributed by atoms with Crippen LogP contribution in [-0.4, -0.2) is 52.4 Å². The van der Waals surface area contributed by atoms with E-state index in [1.54, 1.807) is 6.92 Å². The average Bonchev–Trinajstić information content (AvgIpc) is 2.63. The Morgan fingerprint density at radius 1 is 1.50 bits per heavy atom. The van der Waals surface area contributed by atoms with Gasteiger partial charge in [-0.1, -0.05) is 0 Å². The molecule has 1 heterocycles. The number of rotatable bonds is 3. The fourth-order valence-electron chi connectivity index (χ4n) is 1.99. The smallest absolute Gasteiger partial charge is 0.426 e. The summed E-state index contributed by atoms with van der Waals surface area (Å²) in [6.45, 7) is 3.43. The molecule has 1 saturated heterocycles. The summed E-state index contributed by atoms with van der Waals surface area (Å²) in [5.74, 6) is -1.10. The molecule has 90 valence electrons. The second kappa shape index (κ2) is 5.31. The lowest BCUT2D eigenvalue weighted by atomic mass is 9.78. The van der Waals surface area contributed by atoms with Crippen LogP contribution in [0.4, 0.5) is 0 Å². The molecule has 0 bridgehead atoms. The van der Waals surface area contributed by atoms with E-state index in [2.05, 4.69) is 5.32 Å². The van der Waals surface area contributed by atoms with Crippen molar-refractivity contribution in [2.75, 3.05) is 6.54 Å². The average molecular weight is 228 g/mol. The van der Waals surface area contributed by atoms with Crippen LogP contribution >= 0.6 is 0 Å². The van der Waals surface area contributed by atoms with Crippen LogP contribution in [0.3, 0.4) is 0 Å². The summed E-state index contributed by atoms with van der Waals surface area (Å²) in [6, 6.07) is -0.628. The molecule has 1 rings (SSSR count). The van der Waals surface area contributed by atoms with Gasteiger partial charge in [-0.3, -0.25) is 9.59 Å². The molecule has 16 heavy (non-hydrogen) atoms. The van der Waals surface area contributed by atoms with E-state index in [1.807, 2.05) is 0 Å². The number of hydrogen-bond acceptors (Lipinski definition) is 4. The van der Waals surface area contributed by atoms with Crippen molar-refractivity contribution in [2.24, 2.45) is 0 Å². The zero-order chi connectivity index (χ0) is 12.3. The van der Waals surface area contributed by atoms with Crippen molar-refractivity contribution < 1.29 is 19.6 Å². The largest absolute Gasteiger partial charge is 0.475 e. The van der Waals surface area contributed by atoms with Gasteiger partial charge in [0.05, 0.1) is 5.94 Å². The molecule has 0 aromatic heterocycles. The maximum Gasteiger partial charge on any atom is 0.475 e. The molecule has 0 aliphatic carbocycles. The maximum absolute atomic E-state index is 11.9. The predicted molar refractivity (Wildman–Crippen MR) is 58.2 cm³/mol. The van der Waals surface area contributed by atoms with E-state index >= 15 is 0 Å². The van der Waals surface area contributed by atoms with Crippen molar-refractivity contribution in [1.29, 1.82) is 0 Å². The molecule has 0 radical (unpaired) electrons. The van der Waals surface area contributed by atoms with Gasteiger partial charge in [-0.25, -0.2) is 0 Å². The van der Waals surface area contributed by atoms with Crippen LogP contribution in [0.2, 0.25) is 0 Å². The summed E-state index contributed by atoms with van der Waals surface area (Å²) in [6.07, 6.45) is 1.33. The van der Waals surface area contributed by atoms with Gasteiger partial charge in [0, 0.05) is 13.5 Å². The highest BCUT2D eigenvalue weighted by molar-refractivity contribution is 6.43. The second-order valence-corrected chi connectivity index (χ2v) is 4.08. The number of carbonyl (C=O) groups excluding carboxylic acids is 2. The van der Waals surface area contributed by atoms with Gasteiger partial charge in [0.2, 0.25) is 11.8 Å². The fraction of sp³-hybridized carbons (Fsp3) is 0.778. The first-order valence-electron chi connectivity index (χ1n) is 5.37. The Labute approximate surface area is 94.8 Å². The van der Waals surface area contributed by atoms with Crippen LogP contribution in [0, 0.1) is 0 Å². The zero-order valence-corrected chi connectivity index (χ0v) is 9.51. The number of amides is 2. The van der Waals surface area contributed by atoms with Crippen molar-refractivity contribution in [3.05, 3.63) is 0 Å². The molecule has 0 spiro atoms. The first kappa shape index (κ1) is 13.0. The predicted octanol–water partition coefficient (Wildman–Crippen LogP) is -1.49. The minimum Gasteiger partial charge on any atom is -0.426 e. The van der Waals surface area contributed by atoms with E-state index in [0.717, 1.165) is 6.42 Å². The number of carbonyl (C=O) groups is 2. The van der Waals surface area contributed by atoms with Gasteiger partial charge in [-0.15, -0.1) is 0 Å². The highest BCUT2D eigenvalue weighted by Gasteiger charge is 2.38. The van der Waals surface area contributed by atoms with Gasteiger partial charge in [-0.05, 0) is 19.8 Å². The van der Waals surface area contributed by atoms with Gasteiger partial charge in [-0.2, -0.15) is 0 Å². The monoisotopic (exact) mass is 228 g/mol. The molecule has 6 nitrogen and oxygen atoms in total. The minimum atomic E-state index is -1.52. The lowest BCUT2D eigenvalue weighted by Crippen LogP contribution is -2.52. The molecule has 1 aliphatic heterocycles. The lowest BCUT2D eigenvalue weighted by molar-refractivity contribution is -0.135. The van der Waals surface area contributed by atoms with Gasteiger partial charge >= 0.3 is 7.12 Å². The van der Waals surface area contributed by atoms with E-state index in [-0.39, 0.29) is 11.8 Å². The van der Waals surface area contributed by atoms with Crippen LogP contribution in [-0.2, 0) is 9.59 Å². The van der Waals surface area contributed by atoms with Crippen LogP contribution < -0.4 is 5.32 Å². The normalized spacial score (nSPS) is 21.8. The highest BCUT2D eigenvalue weighted by Crippen LogP contribution is 2.18. The standard InChI is InChI=1S/C9H17BN2O4/c1-6(11-7(2)13)9(14)12-5-3-4-8(12)10(15)16/h6,8,15-16H,3-5H2,1-2H3,(H,11,13)/t6-,8?/m0/s1. The van der Waals surface area contributed by atoms with E-state index in [0.29, 0.717) is 13.0 Å². The Bertz CT molecular complexity index is 285. The summed E-state index contributed by atoms with van der Waals surface area (Å²) >= 11 is 0. The molecule has 3 N–H and O–H groups in total. The Balaban J connectivity index is 2.62. The Morgan fingerprint density at radius 2 is 2.12 bits per heavy atom. The van der Waals surface area contributed by atoms with E-state index in [1.165, 1.54) is 11.8 Å². The first-order valence-corrected chi connectivity index (χ1v) is 5.37. The molecule has 2 atom stereocenters. The summed E-state index contributed by atoms with van der Waals surface area (Å²) in [7, 11) is -1.52. The number of nitrogens with one attached hydrogen (secondary N) is 1. The van der Waals surface area contributed by atoms with Crippen LogP contribution in [0.5, 0.6) is 0 Å². The maximum atomic E-state index is 11.9. The van der Waals surface area contributed by atoms with Gasteiger partial charge < -0.3 is 20.3 Å². The van der Waals surface area contributed by atoms with Crippen molar-refractivity contribution in [3.63, 3.8) is 0 Å².